The van der Waals surface area contributed by atoms with Crippen LogP contribution in [0.3, 0.4) is 0 Å². The molecule has 2 aromatic heterocycles. The third-order valence-corrected chi connectivity index (χ3v) is 5.46. The van der Waals surface area contributed by atoms with Crippen LogP contribution in [-0.4, -0.2) is 34.2 Å². The Morgan fingerprint density at radius 1 is 0.774 bits per heavy atom. The SMILES string of the molecule is O=C(N/N=C\c1c[nH]c2ccccc12)[C@@H]1C[C@H]1C(=O)N/N=C\c1c[nH]c2ccccc12. The van der Waals surface area contributed by atoms with E-state index in [0.717, 1.165) is 32.9 Å². The van der Waals surface area contributed by atoms with E-state index in [9.17, 15) is 9.59 Å². The van der Waals surface area contributed by atoms with E-state index in [4.69, 9.17) is 0 Å². The summed E-state index contributed by atoms with van der Waals surface area (Å²) in [5.74, 6) is -1.31. The number of aromatic amines is 2. The highest BCUT2D eigenvalue weighted by atomic mass is 16.2. The Morgan fingerprint density at radius 2 is 1.23 bits per heavy atom. The van der Waals surface area contributed by atoms with Gasteiger partial charge in [-0.3, -0.25) is 9.59 Å². The predicted molar refractivity (Wildman–Crippen MR) is 120 cm³/mol. The molecule has 1 aliphatic rings. The molecule has 2 heterocycles. The number of nitrogens with one attached hydrogen (secondary N) is 4. The molecule has 0 bridgehead atoms. The van der Waals surface area contributed by atoms with Gasteiger partial charge in [-0.15, -0.1) is 0 Å². The molecule has 2 atom stereocenters. The first-order chi connectivity index (χ1) is 15.2. The lowest BCUT2D eigenvalue weighted by molar-refractivity contribution is -0.127. The van der Waals surface area contributed by atoms with E-state index in [1.807, 2.05) is 60.9 Å². The quantitative estimate of drug-likeness (QED) is 0.288. The smallest absolute Gasteiger partial charge is 0.244 e. The van der Waals surface area contributed by atoms with E-state index in [1.165, 1.54) is 0 Å². The van der Waals surface area contributed by atoms with E-state index in [1.54, 1.807) is 12.4 Å². The van der Waals surface area contributed by atoms with Crippen molar-refractivity contribution in [3.63, 3.8) is 0 Å². The highest BCUT2D eigenvalue weighted by Gasteiger charge is 2.48. The molecule has 0 spiro atoms. The van der Waals surface area contributed by atoms with Gasteiger partial charge in [0.1, 0.15) is 0 Å². The van der Waals surface area contributed by atoms with Gasteiger partial charge in [-0.2, -0.15) is 10.2 Å². The summed E-state index contributed by atoms with van der Waals surface area (Å²) in [5, 5.41) is 10.1. The van der Waals surface area contributed by atoms with E-state index in [2.05, 4.69) is 31.0 Å². The fourth-order valence-corrected chi connectivity index (χ4v) is 3.67. The molecule has 8 nitrogen and oxygen atoms in total. The van der Waals surface area contributed by atoms with Gasteiger partial charge in [0.05, 0.1) is 24.3 Å². The summed E-state index contributed by atoms with van der Waals surface area (Å²) in [7, 11) is 0. The van der Waals surface area contributed by atoms with Crippen molar-refractivity contribution in [2.45, 2.75) is 6.42 Å². The van der Waals surface area contributed by atoms with Crippen molar-refractivity contribution in [1.29, 1.82) is 0 Å². The van der Waals surface area contributed by atoms with Crippen LogP contribution in [0, 0.1) is 11.8 Å². The third-order valence-electron chi connectivity index (χ3n) is 5.46. The summed E-state index contributed by atoms with van der Waals surface area (Å²) in [6.45, 7) is 0. The van der Waals surface area contributed by atoms with Crippen LogP contribution in [-0.2, 0) is 9.59 Å². The molecule has 0 unspecified atom stereocenters. The number of para-hydroxylation sites is 2. The minimum Gasteiger partial charge on any atom is -0.361 e. The standard InChI is InChI=1S/C23H20N6O2/c30-22(28-26-12-14-10-24-20-7-3-1-5-16(14)20)18-9-19(18)23(31)29-27-13-15-11-25-21-8-4-2-6-17(15)21/h1-8,10-13,18-19,24-25H,9H2,(H,28,30)(H,29,31)/b26-12-,27-13-/t18-,19-/m1/s1. The second kappa shape index (κ2) is 7.91. The zero-order chi connectivity index (χ0) is 21.2. The average molecular weight is 412 g/mol. The number of hydrogen-bond acceptors (Lipinski definition) is 4. The van der Waals surface area contributed by atoms with Crippen LogP contribution in [0.25, 0.3) is 21.8 Å². The van der Waals surface area contributed by atoms with Gasteiger partial charge < -0.3 is 9.97 Å². The Kier molecular flexibility index (Phi) is 4.80. The Morgan fingerprint density at radius 3 is 1.71 bits per heavy atom. The maximum atomic E-state index is 12.3. The van der Waals surface area contributed by atoms with Crippen molar-refractivity contribution in [3.8, 4) is 0 Å². The first kappa shape index (κ1) is 18.8. The Hall–Kier alpha value is -4.20. The number of benzene rings is 2. The van der Waals surface area contributed by atoms with Crippen molar-refractivity contribution in [2.75, 3.05) is 0 Å². The van der Waals surface area contributed by atoms with Crippen LogP contribution in [0.5, 0.6) is 0 Å². The maximum Gasteiger partial charge on any atom is 0.244 e. The van der Waals surface area contributed by atoms with Crippen molar-refractivity contribution < 1.29 is 9.59 Å². The molecule has 4 N–H and O–H groups in total. The molecule has 8 heteroatoms. The van der Waals surface area contributed by atoms with E-state index in [0.29, 0.717) is 6.42 Å². The number of amides is 2. The molecule has 5 rings (SSSR count). The number of hydrogen-bond donors (Lipinski definition) is 4. The van der Waals surface area contributed by atoms with E-state index >= 15 is 0 Å². The summed E-state index contributed by atoms with van der Waals surface area (Å²) in [4.78, 5) is 30.8. The second-order valence-corrected chi connectivity index (χ2v) is 7.50. The van der Waals surface area contributed by atoms with Gasteiger partial charge in [0, 0.05) is 45.3 Å². The number of nitrogens with zero attached hydrogens (tertiary/aromatic N) is 2. The molecule has 154 valence electrons. The number of rotatable bonds is 6. The molecule has 0 radical (unpaired) electrons. The van der Waals surface area contributed by atoms with Crippen LogP contribution >= 0.6 is 0 Å². The third kappa shape index (κ3) is 3.83. The minimum absolute atomic E-state index is 0.267. The van der Waals surface area contributed by atoms with Gasteiger partial charge in [0.15, 0.2) is 0 Å². The number of aromatic nitrogens is 2. The average Bonchev–Trinajstić information content (AvgIpc) is 3.35. The van der Waals surface area contributed by atoms with Gasteiger partial charge in [-0.1, -0.05) is 36.4 Å². The van der Waals surface area contributed by atoms with Crippen LogP contribution < -0.4 is 10.9 Å². The minimum atomic E-state index is -0.386. The first-order valence-corrected chi connectivity index (χ1v) is 9.99. The molecule has 0 aliphatic heterocycles. The van der Waals surface area contributed by atoms with Crippen molar-refractivity contribution in [2.24, 2.45) is 22.0 Å². The number of carbonyl (C=O) groups is 2. The summed E-state index contributed by atoms with van der Waals surface area (Å²) in [6.07, 6.45) is 7.35. The molecule has 1 aliphatic carbocycles. The number of carbonyl (C=O) groups excluding carboxylic acids is 2. The zero-order valence-corrected chi connectivity index (χ0v) is 16.5. The molecular weight excluding hydrogens is 392 g/mol. The summed E-state index contributed by atoms with van der Waals surface area (Å²) in [6, 6.07) is 15.7. The fourth-order valence-electron chi connectivity index (χ4n) is 3.67. The van der Waals surface area contributed by atoms with Crippen LogP contribution in [0.15, 0.2) is 71.1 Å². The van der Waals surface area contributed by atoms with Gasteiger partial charge in [0.25, 0.3) is 0 Å². The van der Waals surface area contributed by atoms with Crippen LogP contribution in [0.1, 0.15) is 17.5 Å². The summed E-state index contributed by atoms with van der Waals surface area (Å²) in [5.41, 5.74) is 8.82. The summed E-state index contributed by atoms with van der Waals surface area (Å²) < 4.78 is 0. The largest absolute Gasteiger partial charge is 0.361 e. The number of H-pyrrole nitrogens is 2. The molecule has 1 fully saturated rings. The van der Waals surface area contributed by atoms with Crippen LogP contribution in [0.2, 0.25) is 0 Å². The topological polar surface area (TPSA) is 114 Å². The lowest BCUT2D eigenvalue weighted by Gasteiger charge is -1.99. The molecular formula is C23H20N6O2. The molecule has 31 heavy (non-hydrogen) atoms. The van der Waals surface area contributed by atoms with Gasteiger partial charge in [0.2, 0.25) is 11.8 Å². The maximum absolute atomic E-state index is 12.3. The van der Waals surface area contributed by atoms with Gasteiger partial charge >= 0.3 is 0 Å². The molecule has 2 aromatic carbocycles. The monoisotopic (exact) mass is 412 g/mol. The second-order valence-electron chi connectivity index (χ2n) is 7.50. The number of fused-ring (bicyclic) bond motifs is 2. The van der Waals surface area contributed by atoms with Crippen molar-refractivity contribution in [1.82, 2.24) is 20.8 Å². The predicted octanol–water partition coefficient (Wildman–Crippen LogP) is 2.89. The molecule has 1 saturated carbocycles. The Bertz CT molecular complexity index is 1230. The molecule has 0 saturated heterocycles. The Labute approximate surface area is 177 Å². The summed E-state index contributed by atoms with van der Waals surface area (Å²) >= 11 is 0. The van der Waals surface area contributed by atoms with Crippen molar-refractivity contribution >= 4 is 46.0 Å². The zero-order valence-electron chi connectivity index (χ0n) is 16.5. The van der Waals surface area contributed by atoms with E-state index in [-0.39, 0.29) is 23.7 Å². The lowest BCUT2D eigenvalue weighted by atomic mass is 10.2. The fraction of sp³-hybridized carbons (Fsp3) is 0.130. The van der Waals surface area contributed by atoms with Crippen molar-refractivity contribution in [3.05, 3.63) is 72.1 Å². The van der Waals surface area contributed by atoms with Crippen LogP contribution in [0.4, 0.5) is 0 Å². The highest BCUT2D eigenvalue weighted by Crippen LogP contribution is 2.38. The Balaban J connectivity index is 1.13. The normalized spacial score (nSPS) is 18.2. The molecule has 2 amide bonds. The van der Waals surface area contributed by atoms with E-state index < -0.39 is 0 Å². The number of hydrazone groups is 2. The lowest BCUT2D eigenvalue weighted by Crippen LogP contribution is -2.25. The van der Waals surface area contributed by atoms with Gasteiger partial charge in [-0.25, -0.2) is 10.9 Å². The van der Waals surface area contributed by atoms with Gasteiger partial charge in [-0.05, 0) is 18.6 Å². The highest BCUT2D eigenvalue weighted by molar-refractivity contribution is 6.00. The molecule has 4 aromatic rings. The first-order valence-electron chi connectivity index (χ1n) is 9.99.